The number of rotatable bonds is 3. The zero-order chi connectivity index (χ0) is 9.84. The molecule has 0 aliphatic heterocycles. The van der Waals surface area contributed by atoms with Crippen LogP contribution >= 0.6 is 12.4 Å². The van der Waals surface area contributed by atoms with Crippen LogP contribution < -0.4 is 15.2 Å². The van der Waals surface area contributed by atoms with Gasteiger partial charge >= 0.3 is 0 Å². The molecule has 1 unspecified atom stereocenters. The van der Waals surface area contributed by atoms with Gasteiger partial charge in [0.1, 0.15) is 11.5 Å². The zero-order valence-corrected chi connectivity index (χ0v) is 9.43. The summed E-state index contributed by atoms with van der Waals surface area (Å²) in [5, 5.41) is 0. The number of hydrogen-bond donors (Lipinski definition) is 1. The van der Waals surface area contributed by atoms with Gasteiger partial charge in [-0.3, -0.25) is 0 Å². The standard InChI is InChI=1S/C10H15NO2.ClH/c1-7(11)8-4-9(12-2)6-10(5-8)13-3;/h4-7H,11H2,1-3H3;1H. The Morgan fingerprint density at radius 1 is 1.07 bits per heavy atom. The summed E-state index contributed by atoms with van der Waals surface area (Å²) in [7, 11) is 3.25. The quantitative estimate of drug-likeness (QED) is 0.844. The van der Waals surface area contributed by atoms with Crippen molar-refractivity contribution in [2.24, 2.45) is 5.73 Å². The topological polar surface area (TPSA) is 44.5 Å². The molecule has 14 heavy (non-hydrogen) atoms. The second-order valence-corrected chi connectivity index (χ2v) is 2.93. The summed E-state index contributed by atoms with van der Waals surface area (Å²) in [6.07, 6.45) is 0. The normalized spacial score (nSPS) is 11.4. The van der Waals surface area contributed by atoms with Gasteiger partial charge in [0.15, 0.2) is 0 Å². The Bertz CT molecular complexity index is 267. The maximum atomic E-state index is 5.75. The first-order valence-electron chi connectivity index (χ1n) is 4.16. The Balaban J connectivity index is 0.00000169. The number of hydrogen-bond acceptors (Lipinski definition) is 3. The molecule has 1 atom stereocenters. The van der Waals surface area contributed by atoms with E-state index in [-0.39, 0.29) is 18.4 Å². The number of ether oxygens (including phenoxy) is 2. The highest BCUT2D eigenvalue weighted by atomic mass is 35.5. The predicted octanol–water partition coefficient (Wildman–Crippen LogP) is 2.15. The molecule has 0 aliphatic rings. The van der Waals surface area contributed by atoms with Crippen LogP contribution in [0.4, 0.5) is 0 Å². The summed E-state index contributed by atoms with van der Waals surface area (Å²) in [5.41, 5.74) is 6.76. The van der Waals surface area contributed by atoms with Crippen molar-refractivity contribution in [2.75, 3.05) is 14.2 Å². The van der Waals surface area contributed by atoms with Crippen molar-refractivity contribution in [3.05, 3.63) is 23.8 Å². The molecule has 0 spiro atoms. The molecule has 2 N–H and O–H groups in total. The summed E-state index contributed by atoms with van der Waals surface area (Å²) in [5.74, 6) is 1.54. The minimum Gasteiger partial charge on any atom is -0.497 e. The fraction of sp³-hybridized carbons (Fsp3) is 0.400. The average molecular weight is 218 g/mol. The molecule has 80 valence electrons. The summed E-state index contributed by atoms with van der Waals surface area (Å²) >= 11 is 0. The van der Waals surface area contributed by atoms with Crippen molar-refractivity contribution in [1.29, 1.82) is 0 Å². The molecular weight excluding hydrogens is 202 g/mol. The van der Waals surface area contributed by atoms with Gasteiger partial charge in [0.05, 0.1) is 14.2 Å². The highest BCUT2D eigenvalue weighted by Crippen LogP contribution is 2.25. The van der Waals surface area contributed by atoms with E-state index in [1.54, 1.807) is 14.2 Å². The van der Waals surface area contributed by atoms with Gasteiger partial charge in [-0.15, -0.1) is 12.4 Å². The van der Waals surface area contributed by atoms with E-state index in [4.69, 9.17) is 15.2 Å². The molecule has 1 aromatic carbocycles. The van der Waals surface area contributed by atoms with Gasteiger partial charge in [-0.05, 0) is 24.6 Å². The maximum Gasteiger partial charge on any atom is 0.122 e. The van der Waals surface area contributed by atoms with Crippen molar-refractivity contribution in [1.82, 2.24) is 0 Å². The monoisotopic (exact) mass is 217 g/mol. The molecule has 3 nitrogen and oxygen atoms in total. The Morgan fingerprint density at radius 2 is 1.50 bits per heavy atom. The van der Waals surface area contributed by atoms with Crippen LogP contribution in [0.1, 0.15) is 18.5 Å². The first kappa shape index (κ1) is 13.1. The number of benzene rings is 1. The van der Waals surface area contributed by atoms with E-state index < -0.39 is 0 Å². The lowest BCUT2D eigenvalue weighted by molar-refractivity contribution is 0.393. The smallest absolute Gasteiger partial charge is 0.122 e. The first-order valence-corrected chi connectivity index (χ1v) is 4.16. The lowest BCUT2D eigenvalue weighted by atomic mass is 10.1. The molecular formula is C10H16ClNO2. The van der Waals surface area contributed by atoms with Crippen LogP contribution in [-0.2, 0) is 0 Å². The zero-order valence-electron chi connectivity index (χ0n) is 8.61. The third kappa shape index (κ3) is 3.09. The first-order chi connectivity index (χ1) is 6.17. The highest BCUT2D eigenvalue weighted by molar-refractivity contribution is 5.85. The Hall–Kier alpha value is -0.930. The fourth-order valence-electron chi connectivity index (χ4n) is 1.09. The molecule has 0 radical (unpaired) electrons. The lowest BCUT2D eigenvalue weighted by Gasteiger charge is -2.10. The predicted molar refractivity (Wildman–Crippen MR) is 59.4 cm³/mol. The molecule has 0 fully saturated rings. The van der Waals surface area contributed by atoms with Crippen molar-refractivity contribution in [2.45, 2.75) is 13.0 Å². The molecule has 1 rings (SSSR count). The second kappa shape index (κ2) is 5.73. The molecule has 0 bridgehead atoms. The Labute approximate surface area is 90.6 Å². The van der Waals surface area contributed by atoms with Crippen LogP contribution in [0.5, 0.6) is 11.5 Å². The van der Waals surface area contributed by atoms with Crippen LogP contribution in [0.25, 0.3) is 0 Å². The van der Waals surface area contributed by atoms with Gasteiger partial charge in [-0.2, -0.15) is 0 Å². The van der Waals surface area contributed by atoms with Gasteiger partial charge in [0.2, 0.25) is 0 Å². The Morgan fingerprint density at radius 3 is 1.79 bits per heavy atom. The minimum atomic E-state index is -0.0102. The van der Waals surface area contributed by atoms with E-state index in [9.17, 15) is 0 Å². The van der Waals surface area contributed by atoms with Gasteiger partial charge < -0.3 is 15.2 Å². The average Bonchev–Trinajstić information content (AvgIpc) is 2.16. The SMILES string of the molecule is COc1cc(OC)cc(C(C)N)c1.Cl. The Kier molecular flexibility index (Phi) is 5.35. The van der Waals surface area contributed by atoms with Gasteiger partial charge in [-0.1, -0.05) is 0 Å². The molecule has 0 amide bonds. The van der Waals surface area contributed by atoms with E-state index in [0.717, 1.165) is 17.1 Å². The van der Waals surface area contributed by atoms with Crippen LogP contribution in [0.3, 0.4) is 0 Å². The molecule has 0 saturated heterocycles. The van der Waals surface area contributed by atoms with E-state index >= 15 is 0 Å². The number of halogens is 1. The molecule has 1 aromatic rings. The third-order valence-electron chi connectivity index (χ3n) is 1.90. The van der Waals surface area contributed by atoms with Crippen molar-refractivity contribution in [3.63, 3.8) is 0 Å². The minimum absolute atomic E-state index is 0. The largest absolute Gasteiger partial charge is 0.497 e. The van der Waals surface area contributed by atoms with Crippen LogP contribution in [0, 0.1) is 0 Å². The van der Waals surface area contributed by atoms with Crippen molar-refractivity contribution >= 4 is 12.4 Å². The van der Waals surface area contributed by atoms with Crippen molar-refractivity contribution in [3.8, 4) is 11.5 Å². The molecule has 0 aromatic heterocycles. The summed E-state index contributed by atoms with van der Waals surface area (Å²) in [4.78, 5) is 0. The van der Waals surface area contributed by atoms with E-state index in [0.29, 0.717) is 0 Å². The van der Waals surface area contributed by atoms with Gasteiger partial charge in [0.25, 0.3) is 0 Å². The molecule has 4 heteroatoms. The van der Waals surface area contributed by atoms with Crippen LogP contribution in [0.15, 0.2) is 18.2 Å². The molecule has 0 saturated carbocycles. The van der Waals surface area contributed by atoms with Crippen LogP contribution in [0.2, 0.25) is 0 Å². The number of nitrogens with two attached hydrogens (primary N) is 1. The summed E-state index contributed by atoms with van der Waals surface area (Å²) < 4.78 is 10.2. The van der Waals surface area contributed by atoms with Gasteiger partial charge in [0, 0.05) is 12.1 Å². The van der Waals surface area contributed by atoms with Crippen molar-refractivity contribution < 1.29 is 9.47 Å². The third-order valence-corrected chi connectivity index (χ3v) is 1.90. The lowest BCUT2D eigenvalue weighted by Crippen LogP contribution is -2.05. The molecule has 0 aliphatic carbocycles. The van der Waals surface area contributed by atoms with E-state index in [1.807, 2.05) is 25.1 Å². The maximum absolute atomic E-state index is 5.75. The summed E-state index contributed by atoms with van der Waals surface area (Å²) in [6.45, 7) is 1.92. The van der Waals surface area contributed by atoms with E-state index in [2.05, 4.69) is 0 Å². The number of methoxy groups -OCH3 is 2. The fourth-order valence-corrected chi connectivity index (χ4v) is 1.09. The van der Waals surface area contributed by atoms with E-state index in [1.165, 1.54) is 0 Å². The molecule has 0 heterocycles. The van der Waals surface area contributed by atoms with Gasteiger partial charge in [-0.25, -0.2) is 0 Å². The summed E-state index contributed by atoms with van der Waals surface area (Å²) in [6, 6.07) is 5.63. The highest BCUT2D eigenvalue weighted by Gasteiger charge is 2.04. The van der Waals surface area contributed by atoms with Crippen LogP contribution in [-0.4, -0.2) is 14.2 Å². The second-order valence-electron chi connectivity index (χ2n) is 2.93.